The predicted molar refractivity (Wildman–Crippen MR) is 116 cm³/mol. The van der Waals surface area contributed by atoms with Crippen molar-refractivity contribution in [3.63, 3.8) is 0 Å². The molecular weight excluding hydrogens is 414 g/mol. The number of nitrogens with one attached hydrogen (secondary N) is 1. The highest BCUT2D eigenvalue weighted by atomic mass is 79.9. The van der Waals surface area contributed by atoms with Crippen molar-refractivity contribution in [2.24, 2.45) is 0 Å². The van der Waals surface area contributed by atoms with Crippen molar-refractivity contribution in [3.8, 4) is 5.75 Å². The van der Waals surface area contributed by atoms with Crippen molar-refractivity contribution >= 4 is 32.9 Å². The topological polar surface area (TPSA) is 39.1 Å². The Hall–Kier alpha value is -2.79. The zero-order valence-electron chi connectivity index (χ0n) is 15.5. The Morgan fingerprint density at radius 2 is 1.68 bits per heavy atom. The number of halogens is 1. The molecule has 140 valence electrons. The molecule has 4 aromatic rings. The second-order valence-electron chi connectivity index (χ2n) is 7.07. The summed E-state index contributed by atoms with van der Waals surface area (Å²) in [4.78, 5) is 4.87. The van der Waals surface area contributed by atoms with Crippen LogP contribution in [-0.4, -0.2) is 16.7 Å². The average Bonchev–Trinajstić information content (AvgIpc) is 3.12. The molecule has 2 atom stereocenters. The second kappa shape index (κ2) is 6.99. The quantitative estimate of drug-likeness (QED) is 0.433. The highest BCUT2D eigenvalue weighted by Gasteiger charge is 2.30. The van der Waals surface area contributed by atoms with E-state index in [0.29, 0.717) is 0 Å². The zero-order chi connectivity index (χ0) is 19.1. The van der Waals surface area contributed by atoms with Gasteiger partial charge >= 0.3 is 0 Å². The van der Waals surface area contributed by atoms with Crippen molar-refractivity contribution in [2.75, 3.05) is 12.4 Å². The number of hydrogen-bond acceptors (Lipinski definition) is 3. The van der Waals surface area contributed by atoms with Gasteiger partial charge in [0.25, 0.3) is 0 Å². The van der Waals surface area contributed by atoms with Crippen LogP contribution in [0.1, 0.15) is 29.6 Å². The van der Waals surface area contributed by atoms with Crippen molar-refractivity contribution in [2.45, 2.75) is 18.5 Å². The lowest BCUT2D eigenvalue weighted by molar-refractivity contribution is 0.414. The van der Waals surface area contributed by atoms with Crippen molar-refractivity contribution in [1.29, 1.82) is 0 Å². The van der Waals surface area contributed by atoms with E-state index in [2.05, 4.69) is 80.4 Å². The van der Waals surface area contributed by atoms with E-state index in [1.54, 1.807) is 7.11 Å². The summed E-state index contributed by atoms with van der Waals surface area (Å²) in [7, 11) is 1.70. The number of hydrogen-bond donors (Lipinski definition) is 1. The smallest absolute Gasteiger partial charge is 0.204 e. The number of fused-ring (bicyclic) bond motifs is 3. The van der Waals surface area contributed by atoms with Crippen LogP contribution in [-0.2, 0) is 0 Å². The third kappa shape index (κ3) is 2.96. The molecule has 5 heteroatoms. The molecule has 0 amide bonds. The SMILES string of the molecule is COc1ccc([C@H]2C[C@H](c3ccc(Br)cc3)Nc3nc4ccccc4n32)cc1. The van der Waals surface area contributed by atoms with E-state index in [1.165, 1.54) is 11.1 Å². The van der Waals surface area contributed by atoms with Gasteiger partial charge in [-0.2, -0.15) is 0 Å². The molecule has 3 aromatic carbocycles. The number of rotatable bonds is 3. The van der Waals surface area contributed by atoms with E-state index in [9.17, 15) is 0 Å². The van der Waals surface area contributed by atoms with Crippen LogP contribution in [0.5, 0.6) is 5.75 Å². The Kier molecular flexibility index (Phi) is 4.32. The first-order valence-corrected chi connectivity index (χ1v) is 10.1. The Morgan fingerprint density at radius 3 is 2.43 bits per heavy atom. The van der Waals surface area contributed by atoms with Crippen LogP contribution < -0.4 is 10.1 Å². The average molecular weight is 434 g/mol. The van der Waals surface area contributed by atoms with Gasteiger partial charge in [0.2, 0.25) is 5.95 Å². The lowest BCUT2D eigenvalue weighted by Crippen LogP contribution is -2.27. The van der Waals surface area contributed by atoms with Crippen molar-refractivity contribution in [1.82, 2.24) is 9.55 Å². The fourth-order valence-corrected chi connectivity index (χ4v) is 4.30. The number of ether oxygens (including phenoxy) is 1. The van der Waals surface area contributed by atoms with E-state index in [4.69, 9.17) is 9.72 Å². The van der Waals surface area contributed by atoms with E-state index in [1.807, 2.05) is 18.2 Å². The van der Waals surface area contributed by atoms with Gasteiger partial charge in [-0.05, 0) is 53.9 Å². The fraction of sp³-hybridized carbons (Fsp3) is 0.174. The molecule has 0 bridgehead atoms. The number of imidazole rings is 1. The van der Waals surface area contributed by atoms with Gasteiger partial charge in [0.1, 0.15) is 5.75 Å². The normalized spacial score (nSPS) is 18.5. The van der Waals surface area contributed by atoms with E-state index in [0.717, 1.165) is 33.6 Å². The Morgan fingerprint density at radius 1 is 0.964 bits per heavy atom. The van der Waals surface area contributed by atoms with Gasteiger partial charge in [-0.15, -0.1) is 0 Å². The van der Waals surface area contributed by atoms with Gasteiger partial charge in [-0.25, -0.2) is 4.98 Å². The lowest BCUT2D eigenvalue weighted by Gasteiger charge is -2.33. The van der Waals surface area contributed by atoms with Gasteiger partial charge in [-0.3, -0.25) is 0 Å². The molecule has 4 nitrogen and oxygen atoms in total. The highest BCUT2D eigenvalue weighted by molar-refractivity contribution is 9.10. The molecular formula is C23H20BrN3O. The first-order valence-electron chi connectivity index (χ1n) is 9.36. The molecule has 1 aromatic heterocycles. The molecule has 0 saturated heterocycles. The fourth-order valence-electron chi connectivity index (χ4n) is 4.03. The molecule has 2 heterocycles. The molecule has 0 radical (unpaired) electrons. The predicted octanol–water partition coefficient (Wildman–Crippen LogP) is 5.95. The molecule has 28 heavy (non-hydrogen) atoms. The number of para-hydroxylation sites is 2. The minimum atomic E-state index is 0.197. The second-order valence-corrected chi connectivity index (χ2v) is 7.98. The first kappa shape index (κ1) is 17.3. The maximum absolute atomic E-state index is 5.35. The van der Waals surface area contributed by atoms with Crippen LogP contribution in [0.2, 0.25) is 0 Å². The minimum absolute atomic E-state index is 0.197. The van der Waals surface area contributed by atoms with Gasteiger partial charge in [-0.1, -0.05) is 52.3 Å². The minimum Gasteiger partial charge on any atom is -0.497 e. The lowest BCUT2D eigenvalue weighted by atomic mass is 9.93. The monoisotopic (exact) mass is 433 g/mol. The summed E-state index contributed by atoms with van der Waals surface area (Å²) in [5.41, 5.74) is 4.69. The Balaban J connectivity index is 1.63. The van der Waals surface area contributed by atoms with Crippen molar-refractivity contribution < 1.29 is 4.74 Å². The van der Waals surface area contributed by atoms with E-state index >= 15 is 0 Å². The summed E-state index contributed by atoms with van der Waals surface area (Å²) >= 11 is 3.53. The van der Waals surface area contributed by atoms with Crippen LogP contribution in [0.15, 0.2) is 77.3 Å². The number of anilines is 1. The molecule has 0 unspecified atom stereocenters. The summed E-state index contributed by atoms with van der Waals surface area (Å²) in [6.45, 7) is 0. The Labute approximate surface area is 172 Å². The third-order valence-corrected chi connectivity index (χ3v) is 5.97. The summed E-state index contributed by atoms with van der Waals surface area (Å²) in [6.07, 6.45) is 0.946. The summed E-state index contributed by atoms with van der Waals surface area (Å²) in [6, 6.07) is 25.6. The largest absolute Gasteiger partial charge is 0.497 e. The molecule has 0 fully saturated rings. The van der Waals surface area contributed by atoms with Crippen LogP contribution >= 0.6 is 15.9 Å². The van der Waals surface area contributed by atoms with E-state index < -0.39 is 0 Å². The van der Waals surface area contributed by atoms with Crippen LogP contribution in [0, 0.1) is 0 Å². The van der Waals surface area contributed by atoms with Gasteiger partial charge < -0.3 is 14.6 Å². The molecule has 0 aliphatic carbocycles. The molecule has 1 aliphatic rings. The van der Waals surface area contributed by atoms with Crippen molar-refractivity contribution in [3.05, 3.63) is 88.4 Å². The summed E-state index contributed by atoms with van der Waals surface area (Å²) in [5.74, 6) is 1.79. The molecule has 0 saturated carbocycles. The number of nitrogens with zero attached hydrogens (tertiary/aromatic N) is 2. The first-order chi connectivity index (χ1) is 13.7. The molecule has 5 rings (SSSR count). The van der Waals surface area contributed by atoms with Crippen LogP contribution in [0.3, 0.4) is 0 Å². The molecule has 0 spiro atoms. The summed E-state index contributed by atoms with van der Waals surface area (Å²) < 4.78 is 8.76. The van der Waals surface area contributed by atoms with Crippen LogP contribution in [0.4, 0.5) is 5.95 Å². The third-order valence-electron chi connectivity index (χ3n) is 5.44. The maximum Gasteiger partial charge on any atom is 0.204 e. The van der Waals surface area contributed by atoms with Gasteiger partial charge in [0.15, 0.2) is 0 Å². The highest BCUT2D eigenvalue weighted by Crippen LogP contribution is 2.41. The maximum atomic E-state index is 5.35. The standard InChI is InChI=1S/C23H20BrN3O/c1-28-18-12-8-16(9-13-18)22-14-20(15-6-10-17(24)11-7-15)26-23-25-19-4-2-3-5-21(19)27(22)23/h2-13,20,22H,14H2,1H3,(H,25,26)/t20-,22-/m1/s1. The van der Waals surface area contributed by atoms with Crippen LogP contribution in [0.25, 0.3) is 11.0 Å². The van der Waals surface area contributed by atoms with Gasteiger partial charge in [0.05, 0.1) is 30.2 Å². The number of aromatic nitrogens is 2. The number of benzene rings is 3. The number of methoxy groups -OCH3 is 1. The summed E-state index contributed by atoms with van der Waals surface area (Å²) in [5, 5.41) is 3.66. The van der Waals surface area contributed by atoms with Gasteiger partial charge in [0, 0.05) is 4.47 Å². The molecule has 1 aliphatic heterocycles. The Bertz CT molecular complexity index is 1120. The molecule has 1 N–H and O–H groups in total. The van der Waals surface area contributed by atoms with E-state index in [-0.39, 0.29) is 12.1 Å². The zero-order valence-corrected chi connectivity index (χ0v) is 17.1.